The molecule has 0 spiro atoms. The van der Waals surface area contributed by atoms with Crippen molar-refractivity contribution in [3.63, 3.8) is 0 Å². The molecule has 10 rings (SSSR count). The summed E-state index contributed by atoms with van der Waals surface area (Å²) in [4.78, 5) is 2.37. The molecular weight excluding hydrogens is 638 g/mol. The zero-order valence-corrected chi connectivity index (χ0v) is 27.9. The van der Waals surface area contributed by atoms with E-state index in [1.54, 1.807) is 0 Å². The highest BCUT2D eigenvalue weighted by molar-refractivity contribution is 7.25. The van der Waals surface area contributed by atoms with Crippen molar-refractivity contribution in [3.8, 4) is 11.4 Å². The molecule has 0 aliphatic carbocycles. The van der Waals surface area contributed by atoms with E-state index in [0.29, 0.717) is 0 Å². The SMILES string of the molecule is Clc1ccc2c(c1)c1c3ccc(N(c4ccccc4)c4ccc5sc6ccccc6c5c4)cc3n(-c3ccccc3)c1n2-c1ccccc1. The van der Waals surface area contributed by atoms with Crippen LogP contribution in [0, 0.1) is 0 Å². The molecule has 232 valence electrons. The minimum Gasteiger partial charge on any atom is -0.310 e. The molecule has 0 aliphatic rings. The lowest BCUT2D eigenvalue weighted by Gasteiger charge is -2.26. The molecule has 0 saturated carbocycles. The van der Waals surface area contributed by atoms with Crippen LogP contribution in [0.15, 0.2) is 170 Å². The Morgan fingerprint density at radius 2 is 1.04 bits per heavy atom. The molecule has 0 fully saturated rings. The maximum Gasteiger partial charge on any atom is 0.131 e. The molecule has 0 N–H and O–H groups in total. The molecule has 0 bridgehead atoms. The Bertz CT molecular complexity index is 2830. The fourth-order valence-corrected chi connectivity index (χ4v) is 8.71. The smallest absolute Gasteiger partial charge is 0.131 e. The van der Waals surface area contributed by atoms with Crippen LogP contribution < -0.4 is 4.90 Å². The van der Waals surface area contributed by atoms with Gasteiger partial charge in [-0.25, -0.2) is 0 Å². The molecule has 0 atom stereocenters. The average molecular weight is 666 g/mol. The van der Waals surface area contributed by atoms with Gasteiger partial charge in [-0.1, -0.05) is 90.5 Å². The van der Waals surface area contributed by atoms with Crippen molar-refractivity contribution in [2.45, 2.75) is 0 Å². The van der Waals surface area contributed by atoms with Crippen molar-refractivity contribution in [2.75, 3.05) is 4.90 Å². The van der Waals surface area contributed by atoms with E-state index >= 15 is 0 Å². The predicted molar refractivity (Wildman–Crippen MR) is 210 cm³/mol. The van der Waals surface area contributed by atoms with Crippen LogP contribution in [0.25, 0.3) is 64.4 Å². The van der Waals surface area contributed by atoms with Crippen LogP contribution >= 0.6 is 22.9 Å². The fourth-order valence-electron chi connectivity index (χ4n) is 7.45. The molecule has 0 unspecified atom stereocenters. The summed E-state index contributed by atoms with van der Waals surface area (Å²) in [6.07, 6.45) is 0. The molecule has 10 aromatic rings. The minimum absolute atomic E-state index is 0.725. The zero-order valence-electron chi connectivity index (χ0n) is 26.3. The monoisotopic (exact) mass is 665 g/mol. The van der Waals surface area contributed by atoms with E-state index in [9.17, 15) is 0 Å². The molecule has 0 saturated heterocycles. The van der Waals surface area contributed by atoms with Gasteiger partial charge in [-0.15, -0.1) is 11.3 Å². The molecule has 0 radical (unpaired) electrons. The highest BCUT2D eigenvalue weighted by Crippen LogP contribution is 2.45. The molecular formula is C44H28ClN3S. The second-order valence-electron chi connectivity index (χ2n) is 12.4. The second kappa shape index (κ2) is 11.1. The topological polar surface area (TPSA) is 13.1 Å². The summed E-state index contributed by atoms with van der Waals surface area (Å²) >= 11 is 8.55. The van der Waals surface area contributed by atoms with Crippen molar-refractivity contribution in [1.29, 1.82) is 0 Å². The van der Waals surface area contributed by atoms with Crippen LogP contribution in [0.4, 0.5) is 17.1 Å². The van der Waals surface area contributed by atoms with E-state index in [-0.39, 0.29) is 0 Å². The molecule has 7 aromatic carbocycles. The Morgan fingerprint density at radius 3 is 1.80 bits per heavy atom. The fraction of sp³-hybridized carbons (Fsp3) is 0. The summed E-state index contributed by atoms with van der Waals surface area (Å²) in [6.45, 7) is 0. The predicted octanol–water partition coefficient (Wildman–Crippen LogP) is 13.2. The van der Waals surface area contributed by atoms with Gasteiger partial charge in [-0.2, -0.15) is 0 Å². The zero-order chi connectivity index (χ0) is 32.5. The van der Waals surface area contributed by atoms with Gasteiger partial charge in [0, 0.05) is 69.8 Å². The summed E-state index contributed by atoms with van der Waals surface area (Å²) in [7, 11) is 0. The molecule has 3 nitrogen and oxygen atoms in total. The van der Waals surface area contributed by atoms with E-state index in [1.165, 1.54) is 30.9 Å². The minimum atomic E-state index is 0.725. The molecule has 49 heavy (non-hydrogen) atoms. The summed E-state index contributed by atoms with van der Waals surface area (Å²) in [5.41, 5.74) is 8.88. The Hall–Kier alpha value is -5.81. The van der Waals surface area contributed by atoms with Crippen molar-refractivity contribution >= 4 is 93.0 Å². The first kappa shape index (κ1) is 28.2. The maximum atomic E-state index is 6.70. The Labute approximate surface area is 292 Å². The highest BCUT2D eigenvalue weighted by Gasteiger charge is 2.24. The Morgan fingerprint density at radius 1 is 0.429 bits per heavy atom. The number of hydrogen-bond donors (Lipinski definition) is 0. The number of anilines is 3. The molecule has 5 heteroatoms. The van der Waals surface area contributed by atoms with Gasteiger partial charge in [0.2, 0.25) is 0 Å². The quantitative estimate of drug-likeness (QED) is 0.178. The molecule has 0 aliphatic heterocycles. The lowest BCUT2D eigenvalue weighted by molar-refractivity contribution is 1.07. The number of fused-ring (bicyclic) bond motifs is 8. The third kappa shape index (κ3) is 4.42. The number of nitrogens with zero attached hydrogens (tertiary/aromatic N) is 3. The summed E-state index contributed by atoms with van der Waals surface area (Å²) in [6, 6.07) is 60.6. The largest absolute Gasteiger partial charge is 0.310 e. The van der Waals surface area contributed by atoms with Gasteiger partial charge in [0.15, 0.2) is 0 Å². The van der Waals surface area contributed by atoms with Crippen LogP contribution in [0.2, 0.25) is 5.02 Å². The standard InChI is InChI=1S/C44H28ClN3S/c45-29-20-24-39-38(26-29)43-36-23-21-34(28-40(36)48(32-16-8-3-9-17-32)44(43)47(39)31-14-6-2-7-15-31)46(30-12-4-1-5-13-30)33-22-25-42-37(27-33)35-18-10-11-19-41(35)49-42/h1-28H. The lowest BCUT2D eigenvalue weighted by atomic mass is 10.1. The van der Waals surface area contributed by atoms with Gasteiger partial charge in [0.1, 0.15) is 5.65 Å². The molecule has 3 heterocycles. The van der Waals surface area contributed by atoms with E-state index in [4.69, 9.17) is 11.6 Å². The molecule has 0 amide bonds. The highest BCUT2D eigenvalue weighted by atomic mass is 35.5. The third-order valence-corrected chi connectivity index (χ3v) is 10.9. The van der Waals surface area contributed by atoms with Crippen molar-refractivity contribution in [2.24, 2.45) is 0 Å². The molecule has 3 aromatic heterocycles. The van der Waals surface area contributed by atoms with Gasteiger partial charge in [-0.05, 0) is 91.0 Å². The van der Waals surface area contributed by atoms with Crippen molar-refractivity contribution < 1.29 is 0 Å². The summed E-state index contributed by atoms with van der Waals surface area (Å²) < 4.78 is 7.38. The number of benzene rings is 7. The Kier molecular flexibility index (Phi) is 6.41. The maximum absolute atomic E-state index is 6.70. The first-order chi connectivity index (χ1) is 24.2. The number of para-hydroxylation sites is 3. The van der Waals surface area contributed by atoms with Gasteiger partial charge in [0.05, 0.1) is 11.0 Å². The van der Waals surface area contributed by atoms with E-state index in [2.05, 4.69) is 178 Å². The van der Waals surface area contributed by atoms with Crippen molar-refractivity contribution in [1.82, 2.24) is 9.13 Å². The first-order valence-electron chi connectivity index (χ1n) is 16.4. The van der Waals surface area contributed by atoms with Crippen LogP contribution in [0.1, 0.15) is 0 Å². The van der Waals surface area contributed by atoms with Crippen LogP contribution in [-0.2, 0) is 0 Å². The number of aromatic nitrogens is 2. The van der Waals surface area contributed by atoms with Crippen molar-refractivity contribution in [3.05, 3.63) is 175 Å². The van der Waals surface area contributed by atoms with Gasteiger partial charge >= 0.3 is 0 Å². The number of halogens is 1. The van der Waals surface area contributed by atoms with Gasteiger partial charge in [0.25, 0.3) is 0 Å². The third-order valence-electron chi connectivity index (χ3n) is 9.53. The number of thiophene rings is 1. The second-order valence-corrected chi connectivity index (χ2v) is 13.9. The number of hydrogen-bond acceptors (Lipinski definition) is 2. The van der Waals surface area contributed by atoms with E-state index in [1.807, 2.05) is 17.4 Å². The number of rotatable bonds is 5. The Balaban J connectivity index is 1.30. The van der Waals surface area contributed by atoms with Crippen LogP contribution in [0.3, 0.4) is 0 Å². The van der Waals surface area contributed by atoms with Gasteiger partial charge in [-0.3, -0.25) is 9.13 Å². The van der Waals surface area contributed by atoms with Gasteiger partial charge < -0.3 is 4.90 Å². The summed E-state index contributed by atoms with van der Waals surface area (Å²) in [5, 5.41) is 6.79. The van der Waals surface area contributed by atoms with Crippen LogP contribution in [0.5, 0.6) is 0 Å². The average Bonchev–Trinajstić information content (AvgIpc) is 3.80. The first-order valence-corrected chi connectivity index (χ1v) is 17.6. The van der Waals surface area contributed by atoms with E-state index < -0.39 is 0 Å². The summed E-state index contributed by atoms with van der Waals surface area (Å²) in [5.74, 6) is 0. The lowest BCUT2D eigenvalue weighted by Crippen LogP contribution is -2.10. The van der Waals surface area contributed by atoms with E-state index in [0.717, 1.165) is 55.5 Å². The van der Waals surface area contributed by atoms with Crippen LogP contribution in [-0.4, -0.2) is 9.13 Å². The normalized spacial score (nSPS) is 11.8.